The van der Waals surface area contributed by atoms with Gasteiger partial charge in [0.15, 0.2) is 0 Å². The number of thioether (sulfide) groups is 1. The number of rotatable bonds is 10. The van der Waals surface area contributed by atoms with Crippen molar-refractivity contribution < 1.29 is 19.0 Å². The fourth-order valence-corrected chi connectivity index (χ4v) is 5.73. The number of piperidine rings is 1. The average molecular weight is 499 g/mol. The van der Waals surface area contributed by atoms with E-state index in [1.54, 1.807) is 43.3 Å². The van der Waals surface area contributed by atoms with E-state index in [1.165, 1.54) is 6.20 Å². The molecular weight excluding hydrogens is 467 g/mol. The van der Waals surface area contributed by atoms with E-state index in [0.717, 1.165) is 30.2 Å². The summed E-state index contributed by atoms with van der Waals surface area (Å²) >= 11 is 1.72. The van der Waals surface area contributed by atoms with E-state index in [4.69, 9.17) is 10.5 Å². The molecule has 0 amide bonds. The number of halogens is 1. The number of methoxy groups -OCH3 is 1. The number of likely N-dealkylation sites (tertiary alicyclic amines) is 1. The molecule has 0 bridgehead atoms. The molecule has 35 heavy (non-hydrogen) atoms. The van der Waals surface area contributed by atoms with Crippen LogP contribution in [0.15, 0.2) is 53.8 Å². The third kappa shape index (κ3) is 6.28. The summed E-state index contributed by atoms with van der Waals surface area (Å²) in [7, 11) is 1.56. The SMILES string of the molecule is COc1ccc2ncc(F)c([C@@H](N)CC[C@H]3CCN(CCSc4cccnc4)C[C@H]3C(=O)O)c2c1. The third-order valence-electron chi connectivity index (χ3n) is 6.76. The molecule has 186 valence electrons. The minimum atomic E-state index is -0.779. The van der Waals surface area contributed by atoms with Crippen molar-refractivity contribution in [2.24, 2.45) is 17.6 Å². The van der Waals surface area contributed by atoms with Gasteiger partial charge in [0.2, 0.25) is 0 Å². The zero-order valence-electron chi connectivity index (χ0n) is 19.8. The van der Waals surface area contributed by atoms with Crippen molar-refractivity contribution in [1.82, 2.24) is 14.9 Å². The molecule has 1 fully saturated rings. The van der Waals surface area contributed by atoms with Gasteiger partial charge in [-0.25, -0.2) is 4.39 Å². The second-order valence-corrected chi connectivity index (χ2v) is 10.1. The Hall–Kier alpha value is -2.75. The first-order chi connectivity index (χ1) is 17.0. The molecule has 0 spiro atoms. The second kappa shape index (κ2) is 11.8. The molecule has 0 unspecified atom stereocenters. The number of carboxylic acids is 1. The Labute approximate surface area is 208 Å². The Morgan fingerprint density at radius 2 is 2.23 bits per heavy atom. The normalized spacial score (nSPS) is 19.5. The van der Waals surface area contributed by atoms with Gasteiger partial charge in [0, 0.05) is 53.1 Å². The molecule has 3 atom stereocenters. The molecule has 0 aliphatic carbocycles. The lowest BCUT2D eigenvalue weighted by atomic mass is 9.81. The summed E-state index contributed by atoms with van der Waals surface area (Å²) in [6.07, 6.45) is 6.70. The summed E-state index contributed by atoms with van der Waals surface area (Å²) in [6.45, 7) is 2.19. The number of ether oxygens (including phenoxy) is 1. The number of hydrogen-bond donors (Lipinski definition) is 2. The van der Waals surface area contributed by atoms with Crippen LogP contribution in [0.2, 0.25) is 0 Å². The highest BCUT2D eigenvalue weighted by Crippen LogP contribution is 2.34. The lowest BCUT2D eigenvalue weighted by molar-refractivity contribution is -0.146. The maximum absolute atomic E-state index is 14.8. The van der Waals surface area contributed by atoms with Gasteiger partial charge < -0.3 is 20.5 Å². The predicted molar refractivity (Wildman–Crippen MR) is 135 cm³/mol. The molecule has 0 saturated carbocycles. The monoisotopic (exact) mass is 498 g/mol. The smallest absolute Gasteiger partial charge is 0.308 e. The van der Waals surface area contributed by atoms with Crippen LogP contribution in [0, 0.1) is 17.7 Å². The summed E-state index contributed by atoms with van der Waals surface area (Å²) in [5, 5.41) is 10.5. The second-order valence-electron chi connectivity index (χ2n) is 8.92. The van der Waals surface area contributed by atoms with Crippen LogP contribution >= 0.6 is 11.8 Å². The first kappa shape index (κ1) is 25.3. The first-order valence-corrected chi connectivity index (χ1v) is 12.8. The van der Waals surface area contributed by atoms with E-state index in [0.29, 0.717) is 41.6 Å². The number of fused-ring (bicyclic) bond motifs is 1. The molecule has 2 aromatic heterocycles. The molecule has 1 aliphatic rings. The van der Waals surface area contributed by atoms with Crippen LogP contribution in [0.4, 0.5) is 4.39 Å². The van der Waals surface area contributed by atoms with Crippen molar-refractivity contribution in [2.75, 3.05) is 32.5 Å². The van der Waals surface area contributed by atoms with Crippen LogP contribution in [-0.4, -0.2) is 58.4 Å². The minimum absolute atomic E-state index is 0.00600. The van der Waals surface area contributed by atoms with E-state index in [2.05, 4.69) is 14.9 Å². The predicted octanol–water partition coefficient (Wildman–Crippen LogP) is 4.37. The summed E-state index contributed by atoms with van der Waals surface area (Å²) in [4.78, 5) is 23.7. The minimum Gasteiger partial charge on any atom is -0.497 e. The number of aliphatic carboxylic acids is 1. The summed E-state index contributed by atoms with van der Waals surface area (Å²) in [6, 6.07) is 8.70. The number of carboxylic acid groups (broad SMARTS) is 1. The number of pyridine rings is 2. The van der Waals surface area contributed by atoms with Gasteiger partial charge in [-0.3, -0.25) is 14.8 Å². The van der Waals surface area contributed by atoms with Gasteiger partial charge in [0.1, 0.15) is 11.6 Å². The molecule has 1 saturated heterocycles. The fourth-order valence-electron chi connectivity index (χ4n) is 4.83. The van der Waals surface area contributed by atoms with Crippen LogP contribution in [-0.2, 0) is 4.79 Å². The first-order valence-electron chi connectivity index (χ1n) is 11.8. The van der Waals surface area contributed by atoms with Gasteiger partial charge >= 0.3 is 5.97 Å². The molecule has 0 radical (unpaired) electrons. The van der Waals surface area contributed by atoms with Gasteiger partial charge in [-0.1, -0.05) is 0 Å². The lowest BCUT2D eigenvalue weighted by Crippen LogP contribution is -2.44. The number of hydrogen-bond acceptors (Lipinski definition) is 7. The highest BCUT2D eigenvalue weighted by Gasteiger charge is 2.34. The number of nitrogens with zero attached hydrogens (tertiary/aromatic N) is 3. The average Bonchev–Trinajstić information content (AvgIpc) is 2.87. The number of carbonyl (C=O) groups is 1. The highest BCUT2D eigenvalue weighted by atomic mass is 32.2. The molecule has 7 nitrogen and oxygen atoms in total. The van der Waals surface area contributed by atoms with Gasteiger partial charge in [-0.15, -0.1) is 11.8 Å². The Bertz CT molecular complexity index is 1150. The quantitative estimate of drug-likeness (QED) is 0.397. The van der Waals surface area contributed by atoms with E-state index in [-0.39, 0.29) is 5.92 Å². The van der Waals surface area contributed by atoms with Gasteiger partial charge in [-0.2, -0.15) is 0 Å². The Morgan fingerprint density at radius 3 is 2.97 bits per heavy atom. The van der Waals surface area contributed by atoms with E-state index in [1.807, 2.05) is 18.3 Å². The third-order valence-corrected chi connectivity index (χ3v) is 7.72. The molecule has 1 aromatic carbocycles. The summed E-state index contributed by atoms with van der Waals surface area (Å²) in [5.74, 6) is -0.193. The van der Waals surface area contributed by atoms with Crippen molar-refractivity contribution >= 4 is 28.6 Å². The van der Waals surface area contributed by atoms with Gasteiger partial charge in [0.25, 0.3) is 0 Å². The highest BCUT2D eigenvalue weighted by molar-refractivity contribution is 7.99. The van der Waals surface area contributed by atoms with Crippen LogP contribution in [0.5, 0.6) is 5.75 Å². The molecule has 9 heteroatoms. The van der Waals surface area contributed by atoms with E-state index >= 15 is 0 Å². The number of benzene rings is 1. The van der Waals surface area contributed by atoms with Crippen LogP contribution < -0.4 is 10.5 Å². The maximum atomic E-state index is 14.8. The fraction of sp³-hybridized carbons (Fsp3) is 0.423. The molecule has 3 N–H and O–H groups in total. The molecule has 4 rings (SSSR count). The van der Waals surface area contributed by atoms with Crippen molar-refractivity contribution in [2.45, 2.75) is 30.2 Å². The molecule has 3 aromatic rings. The van der Waals surface area contributed by atoms with E-state index in [9.17, 15) is 14.3 Å². The Morgan fingerprint density at radius 1 is 1.37 bits per heavy atom. The van der Waals surface area contributed by atoms with Crippen molar-refractivity contribution in [1.29, 1.82) is 0 Å². The van der Waals surface area contributed by atoms with Crippen LogP contribution in [0.1, 0.15) is 30.9 Å². The molecule has 3 heterocycles. The summed E-state index contributed by atoms with van der Waals surface area (Å²) in [5.41, 5.74) is 7.53. The summed E-state index contributed by atoms with van der Waals surface area (Å²) < 4.78 is 20.1. The van der Waals surface area contributed by atoms with Crippen LogP contribution in [0.3, 0.4) is 0 Å². The Kier molecular flexibility index (Phi) is 8.54. The zero-order chi connectivity index (χ0) is 24.8. The number of aromatic nitrogens is 2. The topological polar surface area (TPSA) is 102 Å². The standard InChI is InChI=1S/C26H31FN4O3S/c1-34-18-5-7-24-20(13-18)25(22(27)15-30-24)23(28)6-4-17-8-10-31(16-21(17)26(32)33)11-12-35-19-3-2-9-29-14-19/h2-3,5,7,9,13-15,17,21,23H,4,6,8,10-12,16,28H2,1H3,(H,32,33)/t17-,21+,23-/m0/s1. The Balaban J connectivity index is 1.37. The van der Waals surface area contributed by atoms with E-state index < -0.39 is 23.7 Å². The van der Waals surface area contributed by atoms with Crippen molar-refractivity contribution in [3.8, 4) is 5.75 Å². The van der Waals surface area contributed by atoms with Gasteiger partial charge in [0.05, 0.1) is 24.7 Å². The zero-order valence-corrected chi connectivity index (χ0v) is 20.6. The van der Waals surface area contributed by atoms with Crippen LogP contribution in [0.25, 0.3) is 10.9 Å². The molecule has 1 aliphatic heterocycles. The van der Waals surface area contributed by atoms with Gasteiger partial charge in [-0.05, 0) is 62.1 Å². The van der Waals surface area contributed by atoms with Crippen molar-refractivity contribution in [3.05, 3.63) is 60.3 Å². The number of nitrogens with two attached hydrogens (primary N) is 1. The lowest BCUT2D eigenvalue weighted by Gasteiger charge is -2.37. The largest absolute Gasteiger partial charge is 0.497 e. The maximum Gasteiger partial charge on any atom is 0.308 e. The van der Waals surface area contributed by atoms with Crippen molar-refractivity contribution in [3.63, 3.8) is 0 Å². The molecular formula is C26H31FN4O3S.